The smallest absolute Gasteiger partial charge is 0.253 e. The van der Waals surface area contributed by atoms with Crippen molar-refractivity contribution in [3.8, 4) is 5.75 Å². The molecule has 18 heavy (non-hydrogen) atoms. The molecular formula is C14H18ClNO2. The molecule has 0 radical (unpaired) electrons. The number of benzene rings is 1. The second-order valence-electron chi connectivity index (χ2n) is 6.01. The summed E-state index contributed by atoms with van der Waals surface area (Å²) in [7, 11) is 0. The number of hydrogen-bond donors (Lipinski definition) is 2. The molecule has 0 heterocycles. The maximum atomic E-state index is 12.1. The number of nitrogens with one attached hydrogen (secondary N) is 1. The maximum absolute atomic E-state index is 12.1. The third kappa shape index (κ3) is 1.87. The van der Waals surface area contributed by atoms with Crippen LogP contribution in [-0.2, 0) is 0 Å². The lowest BCUT2D eigenvalue weighted by atomic mass is 10.0. The fourth-order valence-corrected chi connectivity index (χ4v) is 2.66. The number of halogens is 1. The zero-order chi connectivity index (χ0) is 13.7. The molecule has 3 nitrogen and oxygen atoms in total. The van der Waals surface area contributed by atoms with Crippen molar-refractivity contribution in [2.24, 2.45) is 10.8 Å². The first-order chi connectivity index (χ1) is 8.18. The number of carbonyl (C=O) groups excluding carboxylic acids is 1. The van der Waals surface area contributed by atoms with Crippen molar-refractivity contribution < 1.29 is 9.90 Å². The lowest BCUT2D eigenvalue weighted by Crippen LogP contribution is -2.29. The Hall–Kier alpha value is -1.22. The fourth-order valence-electron chi connectivity index (χ4n) is 2.45. The van der Waals surface area contributed by atoms with Gasteiger partial charge in [0.05, 0.1) is 10.6 Å². The van der Waals surface area contributed by atoms with Crippen LogP contribution in [0.25, 0.3) is 0 Å². The van der Waals surface area contributed by atoms with Gasteiger partial charge in [0, 0.05) is 6.04 Å². The van der Waals surface area contributed by atoms with Crippen LogP contribution in [0.3, 0.4) is 0 Å². The number of phenols is 1. The number of phenolic OH excluding ortho intramolecular Hbond substituents is 1. The largest absolute Gasteiger partial charge is 0.508 e. The first kappa shape index (κ1) is 13.2. The van der Waals surface area contributed by atoms with Crippen LogP contribution in [0.2, 0.25) is 5.02 Å². The van der Waals surface area contributed by atoms with Crippen molar-refractivity contribution in [1.29, 1.82) is 0 Å². The van der Waals surface area contributed by atoms with E-state index in [4.69, 9.17) is 11.6 Å². The Bertz CT molecular complexity index is 495. The molecule has 0 aliphatic heterocycles. The lowest BCUT2D eigenvalue weighted by molar-refractivity contribution is 0.0943. The predicted octanol–water partition coefficient (Wildman–Crippen LogP) is 3.21. The summed E-state index contributed by atoms with van der Waals surface area (Å²) in [5.41, 5.74) is 0.466. The minimum Gasteiger partial charge on any atom is -0.508 e. The standard InChI is InChI=1S/C14H18ClNO2/c1-13(2)12(14(13,3)4)16-11(18)9-7-8(17)5-6-10(9)15/h5-7,12,17H,1-4H3,(H,16,18). The third-order valence-electron chi connectivity index (χ3n) is 4.49. The van der Waals surface area contributed by atoms with Crippen molar-refractivity contribution in [2.75, 3.05) is 0 Å². The molecule has 0 spiro atoms. The Balaban J connectivity index is 2.17. The van der Waals surface area contributed by atoms with Gasteiger partial charge in [-0.15, -0.1) is 0 Å². The number of carbonyl (C=O) groups is 1. The Morgan fingerprint density at radius 3 is 2.33 bits per heavy atom. The van der Waals surface area contributed by atoms with Crippen LogP contribution in [0.1, 0.15) is 38.1 Å². The van der Waals surface area contributed by atoms with Crippen LogP contribution in [0.4, 0.5) is 0 Å². The molecule has 1 saturated carbocycles. The monoisotopic (exact) mass is 267 g/mol. The SMILES string of the molecule is CC1(C)C(NC(=O)c2cc(O)ccc2Cl)C1(C)C. The molecule has 0 unspecified atom stereocenters. The van der Waals surface area contributed by atoms with Crippen molar-refractivity contribution >= 4 is 17.5 Å². The van der Waals surface area contributed by atoms with Gasteiger partial charge in [0.1, 0.15) is 5.75 Å². The Labute approximate surface area is 112 Å². The molecule has 1 aliphatic rings. The average Bonchev–Trinajstić information content (AvgIpc) is 2.64. The van der Waals surface area contributed by atoms with E-state index < -0.39 is 0 Å². The molecule has 1 aliphatic carbocycles. The van der Waals surface area contributed by atoms with E-state index in [2.05, 4.69) is 33.0 Å². The minimum absolute atomic E-state index is 0.0406. The van der Waals surface area contributed by atoms with Gasteiger partial charge in [0.2, 0.25) is 0 Å². The summed E-state index contributed by atoms with van der Waals surface area (Å²) in [5.74, 6) is -0.196. The molecule has 1 aromatic rings. The van der Waals surface area contributed by atoms with E-state index in [1.807, 2.05) is 0 Å². The van der Waals surface area contributed by atoms with E-state index >= 15 is 0 Å². The van der Waals surface area contributed by atoms with Gasteiger partial charge < -0.3 is 10.4 Å². The summed E-state index contributed by atoms with van der Waals surface area (Å²) in [5, 5.41) is 12.7. The topological polar surface area (TPSA) is 49.3 Å². The normalized spacial score (nSPS) is 20.5. The van der Waals surface area contributed by atoms with Gasteiger partial charge >= 0.3 is 0 Å². The molecule has 1 fully saturated rings. The molecule has 98 valence electrons. The highest BCUT2D eigenvalue weighted by atomic mass is 35.5. The molecule has 0 aromatic heterocycles. The van der Waals surface area contributed by atoms with E-state index in [1.165, 1.54) is 18.2 Å². The number of amides is 1. The van der Waals surface area contributed by atoms with E-state index in [0.717, 1.165) is 0 Å². The molecule has 2 N–H and O–H groups in total. The summed E-state index contributed by atoms with van der Waals surface area (Å²) < 4.78 is 0. The number of rotatable bonds is 2. The molecular weight excluding hydrogens is 250 g/mol. The lowest BCUT2D eigenvalue weighted by Gasteiger charge is -2.08. The maximum Gasteiger partial charge on any atom is 0.253 e. The van der Waals surface area contributed by atoms with Crippen molar-refractivity contribution in [3.05, 3.63) is 28.8 Å². The van der Waals surface area contributed by atoms with E-state index in [9.17, 15) is 9.90 Å². The summed E-state index contributed by atoms with van der Waals surface area (Å²) >= 11 is 5.97. The third-order valence-corrected chi connectivity index (χ3v) is 4.82. The minimum atomic E-state index is -0.237. The number of hydrogen-bond acceptors (Lipinski definition) is 2. The second kappa shape index (κ2) is 3.89. The van der Waals surface area contributed by atoms with E-state index in [1.54, 1.807) is 0 Å². The fraction of sp³-hybridized carbons (Fsp3) is 0.500. The molecule has 4 heteroatoms. The van der Waals surface area contributed by atoms with Gasteiger partial charge in [0.25, 0.3) is 5.91 Å². The number of aromatic hydroxyl groups is 1. The zero-order valence-electron chi connectivity index (χ0n) is 11.0. The van der Waals surface area contributed by atoms with Gasteiger partial charge in [-0.3, -0.25) is 4.79 Å². The highest BCUT2D eigenvalue weighted by Crippen LogP contribution is 2.62. The summed E-state index contributed by atoms with van der Waals surface area (Å²) in [4.78, 5) is 12.1. The van der Waals surface area contributed by atoms with Gasteiger partial charge in [-0.05, 0) is 29.0 Å². The second-order valence-corrected chi connectivity index (χ2v) is 6.42. The van der Waals surface area contributed by atoms with Gasteiger partial charge in [-0.1, -0.05) is 39.3 Å². The van der Waals surface area contributed by atoms with Crippen LogP contribution in [-0.4, -0.2) is 17.1 Å². The first-order valence-electron chi connectivity index (χ1n) is 5.97. The molecule has 0 bridgehead atoms. The Morgan fingerprint density at radius 2 is 1.83 bits per heavy atom. The summed E-state index contributed by atoms with van der Waals surface area (Å²) in [6.07, 6.45) is 0. The molecule has 0 saturated heterocycles. The van der Waals surface area contributed by atoms with Crippen molar-refractivity contribution in [1.82, 2.24) is 5.32 Å². The van der Waals surface area contributed by atoms with Gasteiger partial charge in [0.15, 0.2) is 0 Å². The summed E-state index contributed by atoms with van der Waals surface area (Å²) in [6.45, 7) is 8.51. The van der Waals surface area contributed by atoms with Gasteiger partial charge in [-0.2, -0.15) is 0 Å². The van der Waals surface area contributed by atoms with Crippen LogP contribution in [0, 0.1) is 10.8 Å². The first-order valence-corrected chi connectivity index (χ1v) is 6.35. The van der Waals surface area contributed by atoms with Crippen molar-refractivity contribution in [2.45, 2.75) is 33.7 Å². The predicted molar refractivity (Wildman–Crippen MR) is 71.9 cm³/mol. The van der Waals surface area contributed by atoms with Crippen LogP contribution < -0.4 is 5.32 Å². The Morgan fingerprint density at radius 1 is 1.28 bits per heavy atom. The zero-order valence-corrected chi connectivity index (χ0v) is 11.8. The van der Waals surface area contributed by atoms with Crippen LogP contribution in [0.15, 0.2) is 18.2 Å². The van der Waals surface area contributed by atoms with E-state index in [-0.39, 0.29) is 28.5 Å². The van der Waals surface area contributed by atoms with Crippen molar-refractivity contribution in [3.63, 3.8) is 0 Å². The average molecular weight is 268 g/mol. The molecule has 1 aromatic carbocycles. The quantitative estimate of drug-likeness (QED) is 0.864. The highest BCUT2D eigenvalue weighted by molar-refractivity contribution is 6.33. The van der Waals surface area contributed by atoms with Crippen LogP contribution >= 0.6 is 11.6 Å². The molecule has 1 amide bonds. The summed E-state index contributed by atoms with van der Waals surface area (Å²) in [6, 6.07) is 4.50. The molecule has 2 rings (SSSR count). The van der Waals surface area contributed by atoms with E-state index in [0.29, 0.717) is 10.6 Å². The Kier molecular flexibility index (Phi) is 2.85. The molecule has 0 atom stereocenters. The van der Waals surface area contributed by atoms with Gasteiger partial charge in [-0.25, -0.2) is 0 Å². The van der Waals surface area contributed by atoms with Crippen LogP contribution in [0.5, 0.6) is 5.75 Å². The highest BCUT2D eigenvalue weighted by Gasteiger charge is 2.65.